The molecule has 2 fully saturated rings. The summed E-state index contributed by atoms with van der Waals surface area (Å²) < 4.78 is 5.43. The number of nitrogens with zero attached hydrogens (tertiary/aromatic N) is 1. The Morgan fingerprint density at radius 1 is 1.39 bits per heavy atom. The molecular formula is C14H25NO3. The second-order valence-corrected chi connectivity index (χ2v) is 6.86. The zero-order valence-corrected chi connectivity index (χ0v) is 11.7. The van der Waals surface area contributed by atoms with Crippen LogP contribution in [0.5, 0.6) is 0 Å². The summed E-state index contributed by atoms with van der Waals surface area (Å²) in [5.74, 6) is 0. The average molecular weight is 255 g/mol. The molecule has 1 heterocycles. The molecular weight excluding hydrogens is 230 g/mol. The third kappa shape index (κ3) is 2.79. The van der Waals surface area contributed by atoms with Crippen LogP contribution < -0.4 is 0 Å². The van der Waals surface area contributed by atoms with Gasteiger partial charge in [0, 0.05) is 6.54 Å². The van der Waals surface area contributed by atoms with Gasteiger partial charge in [0.15, 0.2) is 0 Å². The van der Waals surface area contributed by atoms with Crippen molar-refractivity contribution in [3.8, 4) is 0 Å². The molecule has 1 aliphatic heterocycles. The molecule has 4 nitrogen and oxygen atoms in total. The topological polar surface area (TPSA) is 49.8 Å². The Kier molecular flexibility index (Phi) is 3.58. The first-order chi connectivity index (χ1) is 8.35. The molecule has 1 atom stereocenters. The molecule has 1 unspecified atom stereocenters. The van der Waals surface area contributed by atoms with Gasteiger partial charge in [0.05, 0.1) is 12.6 Å². The van der Waals surface area contributed by atoms with Gasteiger partial charge in [0.1, 0.15) is 5.60 Å². The Morgan fingerprint density at radius 3 is 2.50 bits per heavy atom. The number of likely N-dealkylation sites (tertiary alicyclic amines) is 1. The zero-order chi connectivity index (χ0) is 13.4. The Balaban J connectivity index is 2.05. The number of carbonyl (C=O) groups excluding carboxylic acids is 1. The highest BCUT2D eigenvalue weighted by Gasteiger charge is 2.47. The van der Waals surface area contributed by atoms with Crippen molar-refractivity contribution in [2.24, 2.45) is 5.41 Å². The molecule has 1 spiro atoms. The summed E-state index contributed by atoms with van der Waals surface area (Å²) in [5.41, 5.74) is -0.215. The summed E-state index contributed by atoms with van der Waals surface area (Å²) in [4.78, 5) is 13.9. The maximum absolute atomic E-state index is 12.2. The van der Waals surface area contributed by atoms with Crippen LogP contribution in [0.2, 0.25) is 0 Å². The van der Waals surface area contributed by atoms with Crippen LogP contribution >= 0.6 is 0 Å². The minimum atomic E-state index is -0.470. The van der Waals surface area contributed by atoms with Crippen molar-refractivity contribution in [2.45, 2.75) is 64.5 Å². The number of ether oxygens (including phenoxy) is 1. The van der Waals surface area contributed by atoms with E-state index in [4.69, 9.17) is 4.74 Å². The quantitative estimate of drug-likeness (QED) is 0.783. The van der Waals surface area contributed by atoms with Gasteiger partial charge in [-0.25, -0.2) is 4.79 Å². The maximum Gasteiger partial charge on any atom is 0.410 e. The van der Waals surface area contributed by atoms with E-state index in [0.29, 0.717) is 0 Å². The molecule has 0 radical (unpaired) electrons. The molecule has 2 aliphatic rings. The summed E-state index contributed by atoms with van der Waals surface area (Å²) in [6.07, 6.45) is 5.53. The molecule has 1 saturated carbocycles. The van der Waals surface area contributed by atoms with Crippen LogP contribution in [0, 0.1) is 5.41 Å². The first-order valence-electron chi connectivity index (χ1n) is 6.96. The number of amides is 1. The fraction of sp³-hybridized carbons (Fsp3) is 0.929. The summed E-state index contributed by atoms with van der Waals surface area (Å²) in [5, 5.41) is 9.48. The smallest absolute Gasteiger partial charge is 0.410 e. The number of aliphatic hydroxyl groups is 1. The van der Waals surface area contributed by atoms with Gasteiger partial charge in [0.25, 0.3) is 0 Å². The third-order valence-electron chi connectivity index (χ3n) is 4.12. The molecule has 0 aromatic heterocycles. The van der Waals surface area contributed by atoms with Crippen molar-refractivity contribution in [1.82, 2.24) is 4.90 Å². The van der Waals surface area contributed by atoms with Gasteiger partial charge < -0.3 is 14.7 Å². The highest BCUT2D eigenvalue weighted by Crippen LogP contribution is 2.47. The SMILES string of the molecule is CC(C)(C)OC(=O)N1CC2(CCCC2)CC1CO. The standard InChI is InChI=1S/C14H25NO3/c1-13(2,3)18-12(17)15-10-14(6-4-5-7-14)8-11(15)9-16/h11,16H,4-10H2,1-3H3. The molecule has 0 aromatic carbocycles. The second kappa shape index (κ2) is 4.72. The van der Waals surface area contributed by atoms with Crippen LogP contribution in [-0.4, -0.2) is 40.9 Å². The lowest BCUT2D eigenvalue weighted by atomic mass is 9.84. The number of hydrogen-bond donors (Lipinski definition) is 1. The van der Waals surface area contributed by atoms with E-state index in [1.54, 1.807) is 4.90 Å². The molecule has 1 amide bonds. The minimum Gasteiger partial charge on any atom is -0.444 e. The first-order valence-corrected chi connectivity index (χ1v) is 6.96. The van der Waals surface area contributed by atoms with Gasteiger partial charge >= 0.3 is 6.09 Å². The molecule has 4 heteroatoms. The highest BCUT2D eigenvalue weighted by atomic mass is 16.6. The number of carbonyl (C=O) groups is 1. The summed E-state index contributed by atoms with van der Waals surface area (Å²) in [6, 6.07) is -0.0575. The van der Waals surface area contributed by atoms with Gasteiger partial charge in [-0.05, 0) is 45.4 Å². The van der Waals surface area contributed by atoms with Crippen molar-refractivity contribution in [3.63, 3.8) is 0 Å². The van der Waals surface area contributed by atoms with Crippen molar-refractivity contribution < 1.29 is 14.6 Å². The van der Waals surface area contributed by atoms with E-state index in [2.05, 4.69) is 0 Å². The fourth-order valence-electron chi connectivity index (χ4n) is 3.35. The van der Waals surface area contributed by atoms with Gasteiger partial charge in [-0.3, -0.25) is 0 Å². The summed E-state index contributed by atoms with van der Waals surface area (Å²) in [6.45, 7) is 6.43. The van der Waals surface area contributed by atoms with Crippen LogP contribution in [0.15, 0.2) is 0 Å². The fourth-order valence-corrected chi connectivity index (χ4v) is 3.35. The van der Waals surface area contributed by atoms with Crippen LogP contribution in [0.3, 0.4) is 0 Å². The molecule has 1 aliphatic carbocycles. The van der Waals surface area contributed by atoms with Crippen molar-refractivity contribution in [1.29, 1.82) is 0 Å². The van der Waals surface area contributed by atoms with E-state index in [-0.39, 0.29) is 24.2 Å². The monoisotopic (exact) mass is 255 g/mol. The number of aliphatic hydroxyl groups excluding tert-OH is 1. The molecule has 2 rings (SSSR count). The van der Waals surface area contributed by atoms with Gasteiger partial charge in [-0.15, -0.1) is 0 Å². The lowest BCUT2D eigenvalue weighted by Gasteiger charge is -2.28. The predicted molar refractivity (Wildman–Crippen MR) is 69.3 cm³/mol. The highest BCUT2D eigenvalue weighted by molar-refractivity contribution is 5.69. The molecule has 0 bridgehead atoms. The minimum absolute atomic E-state index is 0.0427. The first kappa shape index (κ1) is 13.7. The van der Waals surface area contributed by atoms with Gasteiger partial charge in [-0.2, -0.15) is 0 Å². The summed E-state index contributed by atoms with van der Waals surface area (Å²) in [7, 11) is 0. The molecule has 1 saturated heterocycles. The van der Waals surface area contributed by atoms with Crippen LogP contribution in [0.4, 0.5) is 4.79 Å². The number of rotatable bonds is 1. The molecule has 0 aromatic rings. The Labute approximate surface area is 109 Å². The zero-order valence-electron chi connectivity index (χ0n) is 11.7. The largest absolute Gasteiger partial charge is 0.444 e. The second-order valence-electron chi connectivity index (χ2n) is 6.86. The lowest BCUT2D eigenvalue weighted by Crippen LogP contribution is -2.41. The van der Waals surface area contributed by atoms with E-state index < -0.39 is 5.60 Å². The van der Waals surface area contributed by atoms with E-state index in [1.165, 1.54) is 25.7 Å². The van der Waals surface area contributed by atoms with Crippen LogP contribution in [-0.2, 0) is 4.74 Å². The van der Waals surface area contributed by atoms with Crippen molar-refractivity contribution in [3.05, 3.63) is 0 Å². The Bertz CT molecular complexity index is 315. The van der Waals surface area contributed by atoms with E-state index in [1.807, 2.05) is 20.8 Å². The van der Waals surface area contributed by atoms with Crippen molar-refractivity contribution in [2.75, 3.05) is 13.2 Å². The average Bonchev–Trinajstić information content (AvgIpc) is 2.84. The van der Waals surface area contributed by atoms with Gasteiger partial charge in [0.2, 0.25) is 0 Å². The normalized spacial score (nSPS) is 26.9. The Hall–Kier alpha value is -0.770. The van der Waals surface area contributed by atoms with E-state index in [0.717, 1.165) is 13.0 Å². The van der Waals surface area contributed by atoms with Crippen molar-refractivity contribution >= 4 is 6.09 Å². The third-order valence-corrected chi connectivity index (χ3v) is 4.12. The molecule has 1 N–H and O–H groups in total. The van der Waals surface area contributed by atoms with E-state index >= 15 is 0 Å². The molecule has 18 heavy (non-hydrogen) atoms. The number of hydrogen-bond acceptors (Lipinski definition) is 3. The maximum atomic E-state index is 12.2. The summed E-state index contributed by atoms with van der Waals surface area (Å²) >= 11 is 0. The molecule has 104 valence electrons. The van der Waals surface area contributed by atoms with Gasteiger partial charge in [-0.1, -0.05) is 12.8 Å². The van der Waals surface area contributed by atoms with Crippen LogP contribution in [0.1, 0.15) is 52.9 Å². The predicted octanol–water partition coefficient (Wildman–Crippen LogP) is 2.55. The van der Waals surface area contributed by atoms with Crippen LogP contribution in [0.25, 0.3) is 0 Å². The lowest BCUT2D eigenvalue weighted by molar-refractivity contribution is 0.0164. The van der Waals surface area contributed by atoms with E-state index in [9.17, 15) is 9.90 Å². The Morgan fingerprint density at radius 2 is 2.00 bits per heavy atom.